The highest BCUT2D eigenvalue weighted by atomic mass is 32.2. The maximum absolute atomic E-state index is 13.1. The van der Waals surface area contributed by atoms with E-state index in [0.29, 0.717) is 12.2 Å². The zero-order valence-electron chi connectivity index (χ0n) is 17.0. The van der Waals surface area contributed by atoms with E-state index in [0.717, 1.165) is 18.4 Å². The lowest BCUT2D eigenvalue weighted by atomic mass is 9.92. The van der Waals surface area contributed by atoms with Crippen molar-refractivity contribution >= 4 is 15.9 Å². The summed E-state index contributed by atoms with van der Waals surface area (Å²) in [5, 5.41) is 0. The fraction of sp³-hybridized carbons (Fsp3) is 0.409. The molecule has 0 aliphatic carbocycles. The molecule has 162 valence electrons. The van der Waals surface area contributed by atoms with Crippen LogP contribution in [-0.2, 0) is 21.2 Å². The molecule has 1 saturated heterocycles. The van der Waals surface area contributed by atoms with Crippen LogP contribution < -0.4 is 10.5 Å². The van der Waals surface area contributed by atoms with Gasteiger partial charge < -0.3 is 10.5 Å². The number of nitrogens with zero attached hydrogens (tertiary/aromatic N) is 1. The largest absolute Gasteiger partial charge is 0.490 e. The van der Waals surface area contributed by atoms with Crippen LogP contribution in [0.2, 0.25) is 0 Å². The standard InChI is InChI=1S/C22H27FN2O4S/c1-2-3-16-4-10-20(11-5-16)30(27,28)25-13-12-21(17(15-25)14-22(24)26)29-19-8-6-18(23)7-9-19/h4-11,17,21H,2-3,12-15H2,1H3,(H2,24,26)/t17-,21-/m0/s1. The molecule has 2 atom stereocenters. The number of primary amides is 1. The highest BCUT2D eigenvalue weighted by Crippen LogP contribution is 2.29. The second-order valence-corrected chi connectivity index (χ2v) is 9.52. The summed E-state index contributed by atoms with van der Waals surface area (Å²) in [6.45, 7) is 2.47. The van der Waals surface area contributed by atoms with E-state index in [9.17, 15) is 17.6 Å². The van der Waals surface area contributed by atoms with Gasteiger partial charge in [0.1, 0.15) is 17.7 Å². The SMILES string of the molecule is CCCc1ccc(S(=O)(=O)N2CC[C@H](Oc3ccc(F)cc3)[C@@H](CC(N)=O)C2)cc1. The molecule has 0 radical (unpaired) electrons. The number of nitrogens with two attached hydrogens (primary N) is 1. The number of ether oxygens (including phenoxy) is 1. The van der Waals surface area contributed by atoms with Crippen LogP contribution in [0.3, 0.4) is 0 Å². The quantitative estimate of drug-likeness (QED) is 0.691. The molecule has 1 aliphatic heterocycles. The van der Waals surface area contributed by atoms with Crippen molar-refractivity contribution in [1.29, 1.82) is 0 Å². The van der Waals surface area contributed by atoms with Crippen molar-refractivity contribution in [1.82, 2.24) is 4.31 Å². The number of rotatable bonds is 8. The minimum Gasteiger partial charge on any atom is -0.490 e. The maximum Gasteiger partial charge on any atom is 0.243 e. The van der Waals surface area contributed by atoms with Gasteiger partial charge in [0.2, 0.25) is 15.9 Å². The topological polar surface area (TPSA) is 89.7 Å². The molecule has 0 unspecified atom stereocenters. The van der Waals surface area contributed by atoms with Crippen molar-refractivity contribution in [2.75, 3.05) is 13.1 Å². The first kappa shape index (κ1) is 22.2. The normalized spacial score (nSPS) is 20.1. The zero-order chi connectivity index (χ0) is 21.7. The van der Waals surface area contributed by atoms with Crippen LogP contribution in [-0.4, -0.2) is 37.8 Å². The summed E-state index contributed by atoms with van der Waals surface area (Å²) in [6, 6.07) is 12.5. The van der Waals surface area contributed by atoms with Crippen LogP contribution in [0.15, 0.2) is 53.4 Å². The number of amides is 1. The van der Waals surface area contributed by atoms with Gasteiger partial charge in [-0.2, -0.15) is 4.31 Å². The van der Waals surface area contributed by atoms with Crippen molar-refractivity contribution in [3.05, 3.63) is 59.9 Å². The summed E-state index contributed by atoms with van der Waals surface area (Å²) in [5.74, 6) is -0.813. The molecule has 3 rings (SSSR count). The predicted molar refractivity (Wildman–Crippen MR) is 112 cm³/mol. The fourth-order valence-corrected chi connectivity index (χ4v) is 5.27. The van der Waals surface area contributed by atoms with Gasteiger partial charge in [-0.3, -0.25) is 4.79 Å². The summed E-state index contributed by atoms with van der Waals surface area (Å²) in [4.78, 5) is 11.8. The first-order chi connectivity index (χ1) is 14.3. The molecule has 30 heavy (non-hydrogen) atoms. The average Bonchev–Trinajstić information content (AvgIpc) is 2.71. The van der Waals surface area contributed by atoms with Crippen LogP contribution in [0.1, 0.15) is 31.7 Å². The Balaban J connectivity index is 1.76. The Bertz CT molecular complexity index is 962. The number of hydrogen-bond acceptors (Lipinski definition) is 4. The van der Waals surface area contributed by atoms with Crippen LogP contribution in [0.25, 0.3) is 0 Å². The number of carbonyl (C=O) groups is 1. The Hall–Kier alpha value is -2.45. The van der Waals surface area contributed by atoms with E-state index in [4.69, 9.17) is 10.5 Å². The van der Waals surface area contributed by atoms with E-state index in [1.54, 1.807) is 12.1 Å². The van der Waals surface area contributed by atoms with Gasteiger partial charge in [-0.1, -0.05) is 25.5 Å². The van der Waals surface area contributed by atoms with Crippen LogP contribution in [0.4, 0.5) is 4.39 Å². The molecule has 2 N–H and O–H groups in total. The Kier molecular flexibility index (Phi) is 7.10. The summed E-state index contributed by atoms with van der Waals surface area (Å²) in [5.41, 5.74) is 6.49. The first-order valence-electron chi connectivity index (χ1n) is 10.1. The smallest absolute Gasteiger partial charge is 0.243 e. The number of carbonyl (C=O) groups excluding carboxylic acids is 1. The van der Waals surface area contributed by atoms with Gasteiger partial charge in [-0.25, -0.2) is 12.8 Å². The van der Waals surface area contributed by atoms with Crippen molar-refractivity contribution in [3.63, 3.8) is 0 Å². The number of halogens is 1. The summed E-state index contributed by atoms with van der Waals surface area (Å²) in [6.07, 6.45) is 1.91. The van der Waals surface area contributed by atoms with Gasteiger partial charge in [0, 0.05) is 25.4 Å². The third kappa shape index (κ3) is 5.37. The summed E-state index contributed by atoms with van der Waals surface area (Å²) in [7, 11) is -3.69. The molecule has 2 aromatic carbocycles. The van der Waals surface area contributed by atoms with Crippen molar-refractivity contribution in [3.8, 4) is 5.75 Å². The fourth-order valence-electron chi connectivity index (χ4n) is 3.76. The molecule has 2 aromatic rings. The molecule has 1 heterocycles. The zero-order valence-corrected chi connectivity index (χ0v) is 17.8. The Morgan fingerprint density at radius 1 is 1.17 bits per heavy atom. The highest BCUT2D eigenvalue weighted by molar-refractivity contribution is 7.89. The van der Waals surface area contributed by atoms with Gasteiger partial charge in [-0.05, 0) is 54.8 Å². The lowest BCUT2D eigenvalue weighted by molar-refractivity contribution is -0.120. The number of benzene rings is 2. The Morgan fingerprint density at radius 3 is 2.43 bits per heavy atom. The highest BCUT2D eigenvalue weighted by Gasteiger charge is 2.37. The van der Waals surface area contributed by atoms with Crippen LogP contribution >= 0.6 is 0 Å². The average molecular weight is 435 g/mol. The lowest BCUT2D eigenvalue weighted by Crippen LogP contribution is -2.48. The molecule has 1 aliphatic rings. The lowest BCUT2D eigenvalue weighted by Gasteiger charge is -2.37. The number of sulfonamides is 1. The maximum atomic E-state index is 13.1. The first-order valence-corrected chi connectivity index (χ1v) is 11.5. The van der Waals surface area contributed by atoms with E-state index in [-0.39, 0.29) is 36.3 Å². The van der Waals surface area contributed by atoms with Crippen molar-refractivity contribution in [2.24, 2.45) is 11.7 Å². The molecule has 0 spiro atoms. The number of piperidine rings is 1. The minimum atomic E-state index is -3.69. The number of aryl methyl sites for hydroxylation is 1. The molecule has 0 bridgehead atoms. The van der Waals surface area contributed by atoms with Crippen molar-refractivity contribution in [2.45, 2.75) is 43.6 Å². The van der Waals surface area contributed by atoms with E-state index >= 15 is 0 Å². The van der Waals surface area contributed by atoms with Gasteiger partial charge in [0.15, 0.2) is 0 Å². The van der Waals surface area contributed by atoms with Gasteiger partial charge in [0.05, 0.1) is 4.90 Å². The monoisotopic (exact) mass is 434 g/mol. The second kappa shape index (κ2) is 9.57. The van der Waals surface area contributed by atoms with Crippen LogP contribution in [0, 0.1) is 11.7 Å². The third-order valence-corrected chi connectivity index (χ3v) is 7.17. The molecule has 6 nitrogen and oxygen atoms in total. The molecule has 8 heteroatoms. The van der Waals surface area contributed by atoms with E-state index in [1.165, 1.54) is 28.6 Å². The predicted octanol–water partition coefficient (Wildman–Crippen LogP) is 3.11. The van der Waals surface area contributed by atoms with Crippen LogP contribution in [0.5, 0.6) is 5.75 Å². The van der Waals surface area contributed by atoms with Gasteiger partial charge in [-0.15, -0.1) is 0 Å². The Labute approximate surface area is 176 Å². The second-order valence-electron chi connectivity index (χ2n) is 7.59. The summed E-state index contributed by atoms with van der Waals surface area (Å²) >= 11 is 0. The van der Waals surface area contributed by atoms with E-state index in [2.05, 4.69) is 6.92 Å². The molecular formula is C22H27FN2O4S. The van der Waals surface area contributed by atoms with Gasteiger partial charge >= 0.3 is 0 Å². The Morgan fingerprint density at radius 2 is 1.83 bits per heavy atom. The molecule has 1 amide bonds. The van der Waals surface area contributed by atoms with Gasteiger partial charge in [0.25, 0.3) is 0 Å². The molecule has 0 aromatic heterocycles. The van der Waals surface area contributed by atoms with Crippen molar-refractivity contribution < 1.29 is 22.3 Å². The molecule has 1 fully saturated rings. The molecule has 0 saturated carbocycles. The third-order valence-electron chi connectivity index (χ3n) is 5.29. The van der Waals surface area contributed by atoms with E-state index < -0.39 is 21.8 Å². The van der Waals surface area contributed by atoms with E-state index in [1.807, 2.05) is 12.1 Å². The number of hydrogen-bond donors (Lipinski definition) is 1. The molecular weight excluding hydrogens is 407 g/mol. The minimum absolute atomic E-state index is 0.00726. The summed E-state index contributed by atoms with van der Waals surface area (Å²) < 4.78 is 46.7.